The van der Waals surface area contributed by atoms with Gasteiger partial charge in [-0.05, 0) is 41.1 Å². The van der Waals surface area contributed by atoms with E-state index in [1.165, 1.54) is 6.07 Å². The summed E-state index contributed by atoms with van der Waals surface area (Å²) < 4.78 is 0.564. The number of phenols is 1. The topological polar surface area (TPSA) is 63.3 Å². The minimum Gasteiger partial charge on any atom is -0.507 e. The van der Waals surface area contributed by atoms with Gasteiger partial charge >= 0.3 is 0 Å². The minimum atomic E-state index is -0.541. The maximum atomic E-state index is 11.4. The molecule has 0 fully saturated rings. The first-order chi connectivity index (χ1) is 6.02. The lowest BCUT2D eigenvalue weighted by Gasteiger charge is -2.05. The fourth-order valence-corrected chi connectivity index (χ4v) is 1.18. The molecule has 0 heterocycles. The van der Waals surface area contributed by atoms with Crippen LogP contribution in [0.15, 0.2) is 22.7 Å². The quantitative estimate of drug-likeness (QED) is 0.778. The fraction of sp³-hybridized carbons (Fsp3) is 0.222. The van der Waals surface area contributed by atoms with Gasteiger partial charge in [0.1, 0.15) is 5.75 Å². The molecule has 0 aliphatic rings. The van der Waals surface area contributed by atoms with Gasteiger partial charge in [0.05, 0.1) is 10.5 Å². The number of aromatic hydroxyl groups is 1. The van der Waals surface area contributed by atoms with Crippen LogP contribution in [0.5, 0.6) is 5.75 Å². The van der Waals surface area contributed by atoms with Crippen LogP contribution in [0.4, 0.5) is 0 Å². The van der Waals surface area contributed by atoms with Crippen molar-refractivity contribution in [2.75, 3.05) is 0 Å². The lowest BCUT2D eigenvalue weighted by atomic mass is 10.1. The molecule has 0 aliphatic heterocycles. The van der Waals surface area contributed by atoms with Gasteiger partial charge in [-0.1, -0.05) is 0 Å². The Kier molecular flexibility index (Phi) is 3.06. The Morgan fingerprint density at radius 1 is 1.62 bits per heavy atom. The molecule has 70 valence electrons. The number of Topliss-reactive ketones (excluding diaryl/α,β-unsaturated/α-hetero) is 1. The number of hydrogen-bond donors (Lipinski definition) is 2. The third-order valence-corrected chi connectivity index (χ3v) is 2.31. The Morgan fingerprint density at radius 3 is 2.69 bits per heavy atom. The van der Waals surface area contributed by atoms with E-state index in [-0.39, 0.29) is 11.5 Å². The minimum absolute atomic E-state index is 0.0477. The van der Waals surface area contributed by atoms with Gasteiger partial charge in [-0.3, -0.25) is 4.79 Å². The molecule has 0 saturated heterocycles. The molecule has 1 atom stereocenters. The Morgan fingerprint density at radius 2 is 2.23 bits per heavy atom. The number of benzene rings is 1. The first-order valence-corrected chi connectivity index (χ1v) is 4.60. The standard InChI is InChI=1S/C9H10BrNO2/c1-5(11)9(13)6-2-3-7(10)8(12)4-6/h2-5,12H,11H2,1H3. The van der Waals surface area contributed by atoms with Crippen molar-refractivity contribution in [1.82, 2.24) is 0 Å². The molecule has 0 aliphatic carbocycles. The summed E-state index contributed by atoms with van der Waals surface area (Å²) in [4.78, 5) is 11.4. The highest BCUT2D eigenvalue weighted by atomic mass is 79.9. The summed E-state index contributed by atoms with van der Waals surface area (Å²) in [5.41, 5.74) is 5.84. The number of carbonyl (C=O) groups is 1. The zero-order valence-electron chi connectivity index (χ0n) is 7.12. The smallest absolute Gasteiger partial charge is 0.179 e. The number of rotatable bonds is 2. The number of phenolic OH excluding ortho intramolecular Hbond substituents is 1. The van der Waals surface area contributed by atoms with Crippen LogP contribution in [0.1, 0.15) is 17.3 Å². The molecule has 0 amide bonds. The summed E-state index contributed by atoms with van der Waals surface area (Å²) >= 11 is 3.12. The van der Waals surface area contributed by atoms with Gasteiger partial charge in [-0.25, -0.2) is 0 Å². The Labute approximate surface area is 84.7 Å². The largest absolute Gasteiger partial charge is 0.507 e. The van der Waals surface area contributed by atoms with Gasteiger partial charge in [-0.15, -0.1) is 0 Å². The molecule has 1 aromatic rings. The van der Waals surface area contributed by atoms with Gasteiger partial charge in [0.25, 0.3) is 0 Å². The van der Waals surface area contributed by atoms with Gasteiger partial charge in [0.2, 0.25) is 0 Å². The molecule has 1 unspecified atom stereocenters. The number of nitrogens with two attached hydrogens (primary N) is 1. The molecular formula is C9H10BrNO2. The van der Waals surface area contributed by atoms with Crippen LogP contribution in [-0.4, -0.2) is 16.9 Å². The van der Waals surface area contributed by atoms with Crippen LogP contribution in [-0.2, 0) is 0 Å². The molecule has 3 N–H and O–H groups in total. The monoisotopic (exact) mass is 243 g/mol. The lowest BCUT2D eigenvalue weighted by molar-refractivity contribution is 0.0967. The van der Waals surface area contributed by atoms with Crippen LogP contribution in [0.2, 0.25) is 0 Å². The van der Waals surface area contributed by atoms with E-state index < -0.39 is 6.04 Å². The SMILES string of the molecule is CC(N)C(=O)c1ccc(Br)c(O)c1. The molecule has 0 spiro atoms. The predicted molar refractivity (Wildman–Crippen MR) is 53.8 cm³/mol. The van der Waals surface area contributed by atoms with E-state index in [4.69, 9.17) is 5.73 Å². The average molecular weight is 244 g/mol. The molecule has 4 heteroatoms. The molecule has 0 bridgehead atoms. The summed E-state index contributed by atoms with van der Waals surface area (Å²) in [6.07, 6.45) is 0. The third-order valence-electron chi connectivity index (χ3n) is 1.64. The second-order valence-electron chi connectivity index (χ2n) is 2.82. The van der Waals surface area contributed by atoms with Gasteiger partial charge < -0.3 is 10.8 Å². The number of carbonyl (C=O) groups excluding carboxylic acids is 1. The Bertz CT molecular complexity index is 336. The van der Waals surface area contributed by atoms with Gasteiger partial charge in [-0.2, -0.15) is 0 Å². The zero-order chi connectivity index (χ0) is 10.0. The summed E-state index contributed by atoms with van der Waals surface area (Å²) in [7, 11) is 0. The van der Waals surface area contributed by atoms with Crippen LogP contribution < -0.4 is 5.73 Å². The highest BCUT2D eigenvalue weighted by Crippen LogP contribution is 2.24. The Hall–Kier alpha value is -0.870. The summed E-state index contributed by atoms with van der Waals surface area (Å²) in [5.74, 6) is -0.130. The summed E-state index contributed by atoms with van der Waals surface area (Å²) in [6.45, 7) is 1.61. The molecule has 3 nitrogen and oxygen atoms in total. The van der Waals surface area contributed by atoms with E-state index in [9.17, 15) is 9.90 Å². The Balaban J connectivity index is 3.04. The number of ketones is 1. The van der Waals surface area contributed by atoms with Crippen molar-refractivity contribution < 1.29 is 9.90 Å². The van der Waals surface area contributed by atoms with Crippen molar-refractivity contribution in [3.8, 4) is 5.75 Å². The molecule has 0 radical (unpaired) electrons. The molecular weight excluding hydrogens is 234 g/mol. The molecule has 0 aromatic heterocycles. The zero-order valence-corrected chi connectivity index (χ0v) is 8.71. The summed E-state index contributed by atoms with van der Waals surface area (Å²) in [5, 5.41) is 9.29. The third kappa shape index (κ3) is 2.29. The van der Waals surface area contributed by atoms with Crippen molar-refractivity contribution in [3.05, 3.63) is 28.2 Å². The first kappa shape index (κ1) is 10.2. The van der Waals surface area contributed by atoms with E-state index in [1.807, 2.05) is 0 Å². The van der Waals surface area contributed by atoms with Crippen molar-refractivity contribution in [2.24, 2.45) is 5.73 Å². The maximum Gasteiger partial charge on any atom is 0.179 e. The normalized spacial score (nSPS) is 12.5. The van der Waals surface area contributed by atoms with E-state index in [2.05, 4.69) is 15.9 Å². The van der Waals surface area contributed by atoms with Crippen molar-refractivity contribution in [3.63, 3.8) is 0 Å². The van der Waals surface area contributed by atoms with Crippen molar-refractivity contribution in [1.29, 1.82) is 0 Å². The fourth-order valence-electron chi connectivity index (χ4n) is 0.929. The molecule has 0 saturated carbocycles. The number of hydrogen-bond acceptors (Lipinski definition) is 3. The van der Waals surface area contributed by atoms with E-state index in [0.29, 0.717) is 10.0 Å². The molecule has 13 heavy (non-hydrogen) atoms. The van der Waals surface area contributed by atoms with E-state index >= 15 is 0 Å². The van der Waals surface area contributed by atoms with Crippen molar-refractivity contribution >= 4 is 21.7 Å². The van der Waals surface area contributed by atoms with Gasteiger partial charge in [0.15, 0.2) is 5.78 Å². The van der Waals surface area contributed by atoms with Crippen LogP contribution in [0, 0.1) is 0 Å². The van der Waals surface area contributed by atoms with E-state index in [1.54, 1.807) is 19.1 Å². The second kappa shape index (κ2) is 3.89. The summed E-state index contributed by atoms with van der Waals surface area (Å²) in [6, 6.07) is 4.09. The van der Waals surface area contributed by atoms with E-state index in [0.717, 1.165) is 0 Å². The lowest BCUT2D eigenvalue weighted by Crippen LogP contribution is -2.26. The number of halogens is 1. The highest BCUT2D eigenvalue weighted by Gasteiger charge is 2.11. The molecule has 1 aromatic carbocycles. The maximum absolute atomic E-state index is 11.4. The molecule has 1 rings (SSSR count). The highest BCUT2D eigenvalue weighted by molar-refractivity contribution is 9.10. The average Bonchev–Trinajstić information content (AvgIpc) is 2.08. The second-order valence-corrected chi connectivity index (χ2v) is 3.67. The first-order valence-electron chi connectivity index (χ1n) is 3.80. The van der Waals surface area contributed by atoms with Crippen molar-refractivity contribution in [2.45, 2.75) is 13.0 Å². The van der Waals surface area contributed by atoms with Crippen LogP contribution >= 0.6 is 15.9 Å². The van der Waals surface area contributed by atoms with Crippen LogP contribution in [0.25, 0.3) is 0 Å². The van der Waals surface area contributed by atoms with Crippen LogP contribution in [0.3, 0.4) is 0 Å². The predicted octanol–water partition coefficient (Wildman–Crippen LogP) is 1.68. The van der Waals surface area contributed by atoms with Gasteiger partial charge in [0, 0.05) is 5.56 Å².